The number of hydrogen-bond acceptors (Lipinski definition) is 4. The van der Waals surface area contributed by atoms with E-state index in [-0.39, 0.29) is 23.0 Å². The SMILES string of the molecule is Cc1nn(CCCO)c(C)c1S(=O)(=O)NC(C)C(C)(C)C. The second kappa shape index (κ2) is 6.46. The van der Waals surface area contributed by atoms with Gasteiger partial charge in [-0.25, -0.2) is 13.1 Å². The number of aromatic nitrogens is 2. The maximum absolute atomic E-state index is 12.6. The van der Waals surface area contributed by atoms with Crippen molar-refractivity contribution in [2.75, 3.05) is 6.61 Å². The normalized spacial score (nSPS) is 14.4. The highest BCUT2D eigenvalue weighted by Crippen LogP contribution is 2.24. The van der Waals surface area contributed by atoms with E-state index in [0.29, 0.717) is 24.4 Å². The largest absolute Gasteiger partial charge is 0.396 e. The molecule has 21 heavy (non-hydrogen) atoms. The highest BCUT2D eigenvalue weighted by atomic mass is 32.2. The van der Waals surface area contributed by atoms with Gasteiger partial charge in [-0.05, 0) is 32.6 Å². The van der Waals surface area contributed by atoms with Crippen LogP contribution in [0.25, 0.3) is 0 Å². The molecule has 1 aromatic heterocycles. The lowest BCUT2D eigenvalue weighted by Gasteiger charge is -2.27. The Morgan fingerprint density at radius 1 is 1.33 bits per heavy atom. The van der Waals surface area contributed by atoms with Gasteiger partial charge < -0.3 is 5.11 Å². The first-order chi connectivity index (χ1) is 9.50. The van der Waals surface area contributed by atoms with E-state index in [1.807, 2.05) is 27.7 Å². The zero-order valence-corrected chi connectivity index (χ0v) is 14.6. The molecule has 1 rings (SSSR count). The van der Waals surface area contributed by atoms with Crippen LogP contribution in [-0.4, -0.2) is 36.0 Å². The molecule has 0 bridgehead atoms. The second-order valence-electron chi connectivity index (χ2n) is 6.51. The summed E-state index contributed by atoms with van der Waals surface area (Å²) < 4.78 is 29.6. The van der Waals surface area contributed by atoms with Gasteiger partial charge in [0.15, 0.2) is 0 Å². The molecular formula is C14H27N3O3S. The Hall–Kier alpha value is -0.920. The molecule has 1 unspecified atom stereocenters. The molecule has 1 atom stereocenters. The van der Waals surface area contributed by atoms with Crippen molar-refractivity contribution in [3.05, 3.63) is 11.4 Å². The molecule has 0 radical (unpaired) electrons. The predicted molar refractivity (Wildman–Crippen MR) is 82.6 cm³/mol. The van der Waals surface area contributed by atoms with Crippen LogP contribution in [0, 0.1) is 19.3 Å². The number of rotatable bonds is 6. The molecule has 0 aliphatic carbocycles. The Morgan fingerprint density at radius 3 is 2.38 bits per heavy atom. The van der Waals surface area contributed by atoms with Gasteiger partial charge in [0.25, 0.3) is 0 Å². The van der Waals surface area contributed by atoms with Crippen LogP contribution in [0.5, 0.6) is 0 Å². The van der Waals surface area contributed by atoms with Gasteiger partial charge in [0.1, 0.15) is 4.90 Å². The number of sulfonamides is 1. The summed E-state index contributed by atoms with van der Waals surface area (Å²) >= 11 is 0. The van der Waals surface area contributed by atoms with E-state index in [0.717, 1.165) is 0 Å². The van der Waals surface area contributed by atoms with Gasteiger partial charge in [-0.15, -0.1) is 0 Å². The summed E-state index contributed by atoms with van der Waals surface area (Å²) in [6.45, 7) is 11.8. The van der Waals surface area contributed by atoms with E-state index in [1.165, 1.54) is 0 Å². The molecule has 0 amide bonds. The second-order valence-corrected chi connectivity index (χ2v) is 8.16. The van der Waals surface area contributed by atoms with Crippen molar-refractivity contribution < 1.29 is 13.5 Å². The topological polar surface area (TPSA) is 84.2 Å². The summed E-state index contributed by atoms with van der Waals surface area (Å²) in [7, 11) is -3.60. The molecule has 0 saturated carbocycles. The van der Waals surface area contributed by atoms with Crippen LogP contribution in [0.2, 0.25) is 0 Å². The number of aryl methyl sites for hydroxylation is 2. The van der Waals surface area contributed by atoms with Crippen LogP contribution in [0.1, 0.15) is 45.5 Å². The van der Waals surface area contributed by atoms with Crippen molar-refractivity contribution in [3.63, 3.8) is 0 Å². The third-order valence-electron chi connectivity index (χ3n) is 3.74. The van der Waals surface area contributed by atoms with Gasteiger partial charge >= 0.3 is 0 Å². The summed E-state index contributed by atoms with van der Waals surface area (Å²) in [4.78, 5) is 0.247. The van der Waals surface area contributed by atoms with E-state index in [1.54, 1.807) is 18.5 Å². The summed E-state index contributed by atoms with van der Waals surface area (Å²) in [5, 5.41) is 13.2. The minimum Gasteiger partial charge on any atom is -0.396 e. The van der Waals surface area contributed by atoms with Crippen LogP contribution >= 0.6 is 0 Å². The molecule has 0 aliphatic rings. The Balaban J connectivity index is 3.12. The lowest BCUT2D eigenvalue weighted by Crippen LogP contribution is -2.41. The molecule has 6 nitrogen and oxygen atoms in total. The molecule has 0 aliphatic heterocycles. The van der Waals surface area contributed by atoms with Crippen molar-refractivity contribution in [3.8, 4) is 0 Å². The zero-order valence-electron chi connectivity index (χ0n) is 13.8. The number of hydrogen-bond donors (Lipinski definition) is 2. The monoisotopic (exact) mass is 317 g/mol. The molecular weight excluding hydrogens is 290 g/mol. The lowest BCUT2D eigenvalue weighted by molar-refractivity contribution is 0.276. The van der Waals surface area contributed by atoms with Crippen LogP contribution in [0.4, 0.5) is 0 Å². The van der Waals surface area contributed by atoms with Crippen LogP contribution in [-0.2, 0) is 16.6 Å². The summed E-state index contributed by atoms with van der Waals surface area (Å²) in [5.41, 5.74) is 0.926. The zero-order chi connectivity index (χ0) is 16.4. The van der Waals surface area contributed by atoms with Crippen LogP contribution in [0.15, 0.2) is 4.90 Å². The Morgan fingerprint density at radius 2 is 1.90 bits per heavy atom. The van der Waals surface area contributed by atoms with Crippen molar-refractivity contribution in [2.24, 2.45) is 5.41 Å². The molecule has 122 valence electrons. The molecule has 1 heterocycles. The predicted octanol–water partition coefficient (Wildman–Crippen LogP) is 1.60. The molecule has 1 aromatic rings. The minimum absolute atomic E-state index is 0.0553. The third-order valence-corrected chi connectivity index (χ3v) is 5.53. The van der Waals surface area contributed by atoms with Gasteiger partial charge in [0.2, 0.25) is 10.0 Å². The average Bonchev–Trinajstić information content (AvgIpc) is 2.60. The number of aliphatic hydroxyl groups excluding tert-OH is 1. The van der Waals surface area contributed by atoms with E-state index in [2.05, 4.69) is 9.82 Å². The molecule has 0 fully saturated rings. The standard InChI is InChI=1S/C14H27N3O3S/c1-10-13(11(2)17(15-10)8-7-9-18)21(19,20)16-12(3)14(4,5)6/h12,16,18H,7-9H2,1-6H3. The summed E-state index contributed by atoms with van der Waals surface area (Å²) in [6, 6.07) is -0.193. The first-order valence-corrected chi connectivity index (χ1v) is 8.66. The quantitative estimate of drug-likeness (QED) is 0.834. The third kappa shape index (κ3) is 4.28. The van der Waals surface area contributed by atoms with Gasteiger partial charge in [-0.2, -0.15) is 5.10 Å². The number of aliphatic hydroxyl groups is 1. The van der Waals surface area contributed by atoms with Gasteiger partial charge in [0, 0.05) is 19.2 Å². The fourth-order valence-corrected chi connectivity index (χ4v) is 3.84. The van der Waals surface area contributed by atoms with Gasteiger partial charge in [-0.1, -0.05) is 20.8 Å². The Kier molecular flexibility index (Phi) is 5.57. The van der Waals surface area contributed by atoms with Gasteiger partial charge in [0.05, 0.1) is 11.4 Å². The Bertz CT molecular complexity index is 585. The van der Waals surface area contributed by atoms with Crippen molar-refractivity contribution in [1.29, 1.82) is 0 Å². The molecule has 0 saturated heterocycles. The lowest BCUT2D eigenvalue weighted by atomic mass is 9.89. The van der Waals surface area contributed by atoms with Crippen LogP contribution < -0.4 is 4.72 Å². The highest BCUT2D eigenvalue weighted by molar-refractivity contribution is 7.89. The first-order valence-electron chi connectivity index (χ1n) is 7.18. The fourth-order valence-electron chi connectivity index (χ4n) is 1.98. The molecule has 2 N–H and O–H groups in total. The minimum atomic E-state index is -3.60. The smallest absolute Gasteiger partial charge is 0.244 e. The van der Waals surface area contributed by atoms with Crippen LogP contribution in [0.3, 0.4) is 0 Å². The summed E-state index contributed by atoms with van der Waals surface area (Å²) in [5.74, 6) is 0. The molecule has 0 spiro atoms. The maximum Gasteiger partial charge on any atom is 0.244 e. The number of nitrogens with one attached hydrogen (secondary N) is 1. The van der Waals surface area contributed by atoms with Crippen molar-refractivity contribution in [2.45, 2.75) is 65.4 Å². The number of nitrogens with zero attached hydrogens (tertiary/aromatic N) is 2. The molecule has 7 heteroatoms. The summed E-state index contributed by atoms with van der Waals surface area (Å²) in [6.07, 6.45) is 0.549. The van der Waals surface area contributed by atoms with E-state index >= 15 is 0 Å². The maximum atomic E-state index is 12.6. The van der Waals surface area contributed by atoms with Gasteiger partial charge in [-0.3, -0.25) is 4.68 Å². The highest BCUT2D eigenvalue weighted by Gasteiger charge is 2.30. The first kappa shape index (κ1) is 18.1. The average molecular weight is 317 g/mol. The fraction of sp³-hybridized carbons (Fsp3) is 0.786. The van der Waals surface area contributed by atoms with E-state index in [4.69, 9.17) is 5.11 Å². The molecule has 0 aromatic carbocycles. The van der Waals surface area contributed by atoms with Crippen molar-refractivity contribution in [1.82, 2.24) is 14.5 Å². The van der Waals surface area contributed by atoms with Crippen molar-refractivity contribution >= 4 is 10.0 Å². The van der Waals surface area contributed by atoms with E-state index in [9.17, 15) is 8.42 Å². The Labute approximate surface area is 127 Å². The van der Waals surface area contributed by atoms with E-state index < -0.39 is 10.0 Å².